The summed E-state index contributed by atoms with van der Waals surface area (Å²) < 4.78 is 5.62. The maximum Gasteiger partial charge on any atom is 0.260 e. The number of aryl methyl sites for hydroxylation is 1. The first-order valence-corrected chi connectivity index (χ1v) is 9.95. The molecule has 0 aromatic heterocycles. The molecule has 0 N–H and O–H groups in total. The van der Waals surface area contributed by atoms with E-state index in [0.29, 0.717) is 19.0 Å². The summed E-state index contributed by atoms with van der Waals surface area (Å²) >= 11 is 0. The average molecular weight is 358 g/mol. The standard InChI is InChI=1S/C21H30N2O3/c1-2-17-6-8-19(9-7-17)26-16-20(24)22-14-10-18(11-15-22)21(25)23-12-4-3-5-13-23/h6-9,18H,2-5,10-16H2,1H3. The van der Waals surface area contributed by atoms with Crippen molar-refractivity contribution in [2.75, 3.05) is 32.8 Å². The Morgan fingerprint density at radius 3 is 2.23 bits per heavy atom. The molecule has 0 bridgehead atoms. The van der Waals surface area contributed by atoms with Crippen molar-refractivity contribution in [3.05, 3.63) is 29.8 Å². The average Bonchev–Trinajstić information content (AvgIpc) is 2.72. The van der Waals surface area contributed by atoms with Gasteiger partial charge in [-0.3, -0.25) is 9.59 Å². The van der Waals surface area contributed by atoms with Gasteiger partial charge < -0.3 is 14.5 Å². The summed E-state index contributed by atoms with van der Waals surface area (Å²) in [5, 5.41) is 0. The topological polar surface area (TPSA) is 49.9 Å². The van der Waals surface area contributed by atoms with Gasteiger partial charge in [0.05, 0.1) is 0 Å². The molecule has 5 nitrogen and oxygen atoms in total. The van der Waals surface area contributed by atoms with E-state index in [1.165, 1.54) is 12.0 Å². The third kappa shape index (κ3) is 4.77. The normalized spacial score (nSPS) is 18.7. The molecule has 0 aliphatic carbocycles. The van der Waals surface area contributed by atoms with Crippen LogP contribution in [-0.4, -0.2) is 54.4 Å². The van der Waals surface area contributed by atoms with E-state index in [0.717, 1.165) is 50.9 Å². The van der Waals surface area contributed by atoms with Crippen LogP contribution in [0.25, 0.3) is 0 Å². The molecule has 2 saturated heterocycles. The van der Waals surface area contributed by atoms with Gasteiger partial charge in [0.1, 0.15) is 5.75 Å². The Labute approximate surface area is 156 Å². The van der Waals surface area contributed by atoms with Gasteiger partial charge in [0.25, 0.3) is 5.91 Å². The number of likely N-dealkylation sites (tertiary alicyclic amines) is 2. The first-order valence-electron chi connectivity index (χ1n) is 9.95. The van der Waals surface area contributed by atoms with Gasteiger partial charge in [-0.2, -0.15) is 0 Å². The monoisotopic (exact) mass is 358 g/mol. The highest BCUT2D eigenvalue weighted by atomic mass is 16.5. The molecule has 0 atom stereocenters. The van der Waals surface area contributed by atoms with Crippen LogP contribution in [0.3, 0.4) is 0 Å². The molecule has 0 saturated carbocycles. The number of hydrogen-bond acceptors (Lipinski definition) is 3. The summed E-state index contributed by atoms with van der Waals surface area (Å²) in [7, 11) is 0. The Morgan fingerprint density at radius 2 is 1.62 bits per heavy atom. The number of hydrogen-bond donors (Lipinski definition) is 0. The predicted octanol–water partition coefficient (Wildman–Crippen LogP) is 2.88. The fraction of sp³-hybridized carbons (Fsp3) is 0.619. The van der Waals surface area contributed by atoms with E-state index < -0.39 is 0 Å². The van der Waals surface area contributed by atoms with Crippen molar-refractivity contribution in [3.63, 3.8) is 0 Å². The molecule has 2 amide bonds. The first-order chi connectivity index (χ1) is 12.7. The van der Waals surface area contributed by atoms with Gasteiger partial charge in [-0.1, -0.05) is 19.1 Å². The lowest BCUT2D eigenvalue weighted by Gasteiger charge is -2.35. The molecule has 2 fully saturated rings. The molecule has 1 aromatic carbocycles. The van der Waals surface area contributed by atoms with Crippen molar-refractivity contribution in [1.82, 2.24) is 9.80 Å². The fourth-order valence-corrected chi connectivity index (χ4v) is 3.81. The minimum absolute atomic E-state index is 0.00781. The van der Waals surface area contributed by atoms with E-state index in [1.807, 2.05) is 34.1 Å². The lowest BCUT2D eigenvalue weighted by Crippen LogP contribution is -2.46. The largest absolute Gasteiger partial charge is 0.484 e. The Hall–Kier alpha value is -2.04. The smallest absolute Gasteiger partial charge is 0.260 e. The van der Waals surface area contributed by atoms with Crippen molar-refractivity contribution < 1.29 is 14.3 Å². The van der Waals surface area contributed by atoms with Gasteiger partial charge in [-0.15, -0.1) is 0 Å². The van der Waals surface area contributed by atoms with Gasteiger partial charge >= 0.3 is 0 Å². The molecule has 1 aromatic rings. The number of carbonyl (C=O) groups is 2. The zero-order valence-corrected chi connectivity index (χ0v) is 15.8. The fourth-order valence-electron chi connectivity index (χ4n) is 3.81. The van der Waals surface area contributed by atoms with Crippen LogP contribution < -0.4 is 4.74 Å². The van der Waals surface area contributed by atoms with Crippen LogP contribution in [0.15, 0.2) is 24.3 Å². The van der Waals surface area contributed by atoms with E-state index >= 15 is 0 Å². The van der Waals surface area contributed by atoms with E-state index in [-0.39, 0.29) is 18.4 Å². The zero-order chi connectivity index (χ0) is 18.4. The highest BCUT2D eigenvalue weighted by Gasteiger charge is 2.30. The molecule has 5 heteroatoms. The third-order valence-electron chi connectivity index (χ3n) is 5.56. The Morgan fingerprint density at radius 1 is 0.962 bits per heavy atom. The number of amides is 2. The second kappa shape index (κ2) is 9.06. The number of nitrogens with zero attached hydrogens (tertiary/aromatic N) is 2. The third-order valence-corrected chi connectivity index (χ3v) is 5.56. The summed E-state index contributed by atoms with van der Waals surface area (Å²) in [4.78, 5) is 28.8. The van der Waals surface area contributed by atoms with Crippen LogP contribution in [0.4, 0.5) is 0 Å². The van der Waals surface area contributed by atoms with E-state index in [2.05, 4.69) is 6.92 Å². The van der Waals surface area contributed by atoms with Crippen LogP contribution in [0.2, 0.25) is 0 Å². The summed E-state index contributed by atoms with van der Waals surface area (Å²) in [6, 6.07) is 7.88. The zero-order valence-electron chi connectivity index (χ0n) is 15.8. The maximum absolute atomic E-state index is 12.6. The number of benzene rings is 1. The lowest BCUT2D eigenvalue weighted by atomic mass is 9.94. The summed E-state index contributed by atoms with van der Waals surface area (Å²) in [6.45, 7) is 5.29. The van der Waals surface area contributed by atoms with Crippen molar-refractivity contribution in [3.8, 4) is 5.75 Å². The van der Waals surface area contributed by atoms with E-state index in [9.17, 15) is 9.59 Å². The molecule has 0 spiro atoms. The van der Waals surface area contributed by atoms with Crippen molar-refractivity contribution in [1.29, 1.82) is 0 Å². The van der Waals surface area contributed by atoms with Gasteiger partial charge in [-0.25, -0.2) is 0 Å². The molecule has 2 aliphatic heterocycles. The minimum atomic E-state index is 0.00781. The molecule has 142 valence electrons. The van der Waals surface area contributed by atoms with Gasteiger partial charge in [0, 0.05) is 32.1 Å². The number of rotatable bonds is 5. The van der Waals surface area contributed by atoms with Crippen molar-refractivity contribution in [2.24, 2.45) is 5.92 Å². The Bertz CT molecular complexity index is 600. The number of piperidine rings is 2. The minimum Gasteiger partial charge on any atom is -0.484 e. The van der Waals surface area contributed by atoms with Crippen LogP contribution in [0.5, 0.6) is 5.75 Å². The number of ether oxygens (including phenoxy) is 1. The quantitative estimate of drug-likeness (QED) is 0.813. The van der Waals surface area contributed by atoms with Crippen LogP contribution in [-0.2, 0) is 16.0 Å². The molecule has 3 rings (SSSR count). The molecular weight excluding hydrogens is 328 g/mol. The van der Waals surface area contributed by atoms with Crippen LogP contribution in [0, 0.1) is 5.92 Å². The molecular formula is C21H30N2O3. The maximum atomic E-state index is 12.6. The van der Waals surface area contributed by atoms with E-state index in [1.54, 1.807) is 0 Å². The highest BCUT2D eigenvalue weighted by molar-refractivity contribution is 5.80. The lowest BCUT2D eigenvalue weighted by molar-refractivity contribution is -0.142. The number of carbonyl (C=O) groups excluding carboxylic acids is 2. The van der Waals surface area contributed by atoms with Crippen molar-refractivity contribution >= 4 is 11.8 Å². The Balaban J connectivity index is 1.42. The summed E-state index contributed by atoms with van der Waals surface area (Å²) in [6.07, 6.45) is 6.01. The molecule has 2 aliphatic rings. The summed E-state index contributed by atoms with van der Waals surface area (Å²) in [5.74, 6) is 1.11. The van der Waals surface area contributed by atoms with Gasteiger partial charge in [-0.05, 0) is 56.2 Å². The van der Waals surface area contributed by atoms with Gasteiger partial charge in [0.15, 0.2) is 6.61 Å². The SMILES string of the molecule is CCc1ccc(OCC(=O)N2CCC(C(=O)N3CCCCC3)CC2)cc1. The second-order valence-corrected chi connectivity index (χ2v) is 7.33. The molecule has 0 unspecified atom stereocenters. The molecule has 26 heavy (non-hydrogen) atoms. The van der Waals surface area contributed by atoms with E-state index in [4.69, 9.17) is 4.74 Å². The van der Waals surface area contributed by atoms with Crippen LogP contribution >= 0.6 is 0 Å². The first kappa shape index (κ1) is 18.7. The predicted molar refractivity (Wildman–Crippen MR) is 101 cm³/mol. The summed E-state index contributed by atoms with van der Waals surface area (Å²) in [5.41, 5.74) is 1.25. The molecule has 2 heterocycles. The van der Waals surface area contributed by atoms with Gasteiger partial charge in [0.2, 0.25) is 5.91 Å². The second-order valence-electron chi connectivity index (χ2n) is 7.33. The van der Waals surface area contributed by atoms with Crippen molar-refractivity contribution in [2.45, 2.75) is 45.4 Å². The highest BCUT2D eigenvalue weighted by Crippen LogP contribution is 2.22. The Kier molecular flexibility index (Phi) is 6.53. The van der Waals surface area contributed by atoms with Crippen LogP contribution in [0.1, 0.15) is 44.6 Å². The molecule has 0 radical (unpaired) electrons.